The minimum Gasteiger partial charge on any atom is -0.327 e. The van der Waals surface area contributed by atoms with Gasteiger partial charge in [-0.15, -0.1) is 0 Å². The maximum Gasteiger partial charge on any atom is 0.364 e. The van der Waals surface area contributed by atoms with Gasteiger partial charge in [0, 0.05) is 12.5 Å². The zero-order valence-electron chi connectivity index (χ0n) is 8.47. The number of aromatic amines is 1. The van der Waals surface area contributed by atoms with Crippen LogP contribution >= 0.6 is 0 Å². The monoisotopic (exact) mass is 207 g/mol. The third-order valence-electron chi connectivity index (χ3n) is 2.32. The zero-order valence-corrected chi connectivity index (χ0v) is 8.47. The second-order valence-corrected chi connectivity index (χ2v) is 3.50. The minimum atomic E-state index is -0.322. The van der Waals surface area contributed by atoms with Crippen molar-refractivity contribution in [1.29, 1.82) is 0 Å². The van der Waals surface area contributed by atoms with Crippen molar-refractivity contribution in [3.05, 3.63) is 28.3 Å². The van der Waals surface area contributed by atoms with E-state index in [4.69, 9.17) is 5.73 Å². The van der Waals surface area contributed by atoms with Gasteiger partial charge in [0.1, 0.15) is 0 Å². The van der Waals surface area contributed by atoms with Crippen LogP contribution in [0, 0.1) is 0 Å². The van der Waals surface area contributed by atoms with Gasteiger partial charge < -0.3 is 5.73 Å². The molecule has 2 aromatic rings. The van der Waals surface area contributed by atoms with Crippen LogP contribution < -0.4 is 11.4 Å². The van der Waals surface area contributed by atoms with Gasteiger partial charge in [-0.2, -0.15) is 14.7 Å². The number of rotatable bonds is 3. The molecule has 1 atom stereocenters. The molecule has 3 N–H and O–H groups in total. The van der Waals surface area contributed by atoms with E-state index < -0.39 is 0 Å². The third kappa shape index (κ3) is 1.89. The number of aromatic nitrogens is 4. The smallest absolute Gasteiger partial charge is 0.327 e. The highest BCUT2D eigenvalue weighted by atomic mass is 16.2. The lowest BCUT2D eigenvalue weighted by Crippen LogP contribution is -2.23. The van der Waals surface area contributed by atoms with Crippen molar-refractivity contribution in [2.24, 2.45) is 5.73 Å². The summed E-state index contributed by atoms with van der Waals surface area (Å²) in [5, 5.41) is 10.3. The molecule has 80 valence electrons. The van der Waals surface area contributed by atoms with E-state index in [9.17, 15) is 4.79 Å². The van der Waals surface area contributed by atoms with Gasteiger partial charge in [0.05, 0.1) is 5.69 Å². The summed E-state index contributed by atoms with van der Waals surface area (Å²) >= 11 is 0. The minimum absolute atomic E-state index is 0.0811. The van der Waals surface area contributed by atoms with E-state index >= 15 is 0 Å². The average Bonchev–Trinajstić information content (AvgIpc) is 2.60. The fourth-order valence-electron chi connectivity index (χ4n) is 1.36. The van der Waals surface area contributed by atoms with Gasteiger partial charge in [-0.1, -0.05) is 6.92 Å². The van der Waals surface area contributed by atoms with Crippen LogP contribution in [0.15, 0.2) is 16.9 Å². The summed E-state index contributed by atoms with van der Waals surface area (Å²) in [6.07, 6.45) is 1.56. The molecule has 0 radical (unpaired) electrons. The van der Waals surface area contributed by atoms with Gasteiger partial charge in [-0.25, -0.2) is 9.89 Å². The van der Waals surface area contributed by atoms with Gasteiger partial charge >= 0.3 is 5.69 Å². The molecule has 2 heterocycles. The lowest BCUT2D eigenvalue weighted by molar-refractivity contribution is 0.626. The number of nitrogens with two attached hydrogens (primary N) is 1. The van der Waals surface area contributed by atoms with Crippen LogP contribution in [-0.2, 0) is 6.42 Å². The Labute approximate surface area is 86.1 Å². The van der Waals surface area contributed by atoms with Crippen LogP contribution in [0.4, 0.5) is 0 Å². The molecule has 15 heavy (non-hydrogen) atoms. The van der Waals surface area contributed by atoms with Crippen LogP contribution in [0.5, 0.6) is 0 Å². The first-order valence-corrected chi connectivity index (χ1v) is 4.89. The number of H-pyrrole nitrogens is 1. The van der Waals surface area contributed by atoms with E-state index in [0.717, 1.165) is 12.1 Å². The number of hydrogen-bond acceptors (Lipinski definition) is 4. The Balaban J connectivity index is 2.37. The second-order valence-electron chi connectivity index (χ2n) is 3.50. The quantitative estimate of drug-likeness (QED) is 0.723. The maximum absolute atomic E-state index is 11.2. The van der Waals surface area contributed by atoms with Crippen LogP contribution in [0.1, 0.15) is 19.0 Å². The first-order valence-electron chi connectivity index (χ1n) is 4.89. The van der Waals surface area contributed by atoms with Crippen LogP contribution in [0.2, 0.25) is 0 Å². The summed E-state index contributed by atoms with van der Waals surface area (Å²) in [6, 6.07) is 3.67. The summed E-state index contributed by atoms with van der Waals surface area (Å²) in [5.74, 6) is 0. The molecule has 0 saturated heterocycles. The first kappa shape index (κ1) is 9.85. The molecule has 0 saturated carbocycles. The van der Waals surface area contributed by atoms with Gasteiger partial charge in [-0.05, 0) is 18.6 Å². The predicted molar refractivity (Wildman–Crippen MR) is 55.6 cm³/mol. The van der Waals surface area contributed by atoms with Crippen molar-refractivity contribution in [2.75, 3.05) is 0 Å². The van der Waals surface area contributed by atoms with Crippen LogP contribution in [0.25, 0.3) is 5.65 Å². The van der Waals surface area contributed by atoms with E-state index in [0.29, 0.717) is 12.1 Å². The molecule has 0 amide bonds. The summed E-state index contributed by atoms with van der Waals surface area (Å²) in [5.41, 5.74) is 6.82. The Morgan fingerprint density at radius 2 is 2.40 bits per heavy atom. The predicted octanol–water partition coefficient (Wildman–Crippen LogP) is -0.303. The van der Waals surface area contributed by atoms with Crippen LogP contribution in [-0.4, -0.2) is 25.9 Å². The number of fused-ring (bicyclic) bond motifs is 1. The molecular formula is C9H13N5O. The lowest BCUT2D eigenvalue weighted by atomic mass is 10.1. The Hall–Kier alpha value is -1.69. The highest BCUT2D eigenvalue weighted by Crippen LogP contribution is 2.01. The molecule has 0 bridgehead atoms. The Morgan fingerprint density at radius 3 is 3.13 bits per heavy atom. The fourth-order valence-corrected chi connectivity index (χ4v) is 1.36. The van der Waals surface area contributed by atoms with E-state index in [1.165, 1.54) is 4.52 Å². The second kappa shape index (κ2) is 3.82. The third-order valence-corrected chi connectivity index (χ3v) is 2.32. The molecule has 0 aliphatic heterocycles. The van der Waals surface area contributed by atoms with Crippen LogP contribution in [0.3, 0.4) is 0 Å². The lowest BCUT2D eigenvalue weighted by Gasteiger charge is -2.06. The Morgan fingerprint density at radius 1 is 1.60 bits per heavy atom. The van der Waals surface area contributed by atoms with Gasteiger partial charge in [0.2, 0.25) is 0 Å². The van der Waals surface area contributed by atoms with Gasteiger partial charge in [0.25, 0.3) is 0 Å². The van der Waals surface area contributed by atoms with Crippen molar-refractivity contribution in [2.45, 2.75) is 25.8 Å². The Kier molecular flexibility index (Phi) is 2.51. The summed E-state index contributed by atoms with van der Waals surface area (Å²) in [6.45, 7) is 2.02. The standard InChI is InChI=1S/C9H13N5O/c1-2-6(10)5-7-3-4-8-11-12-9(15)14(8)13-7/h3-4,6H,2,5,10H2,1H3,(H,12,15). The molecule has 2 rings (SSSR count). The first-order chi connectivity index (χ1) is 7.20. The molecule has 2 aromatic heterocycles. The molecule has 6 heteroatoms. The highest BCUT2D eigenvalue weighted by molar-refractivity contribution is 5.34. The molecule has 6 nitrogen and oxygen atoms in total. The molecule has 0 fully saturated rings. The zero-order chi connectivity index (χ0) is 10.8. The summed E-state index contributed by atoms with van der Waals surface area (Å²) in [4.78, 5) is 11.2. The normalized spacial score (nSPS) is 13.2. The van der Waals surface area contributed by atoms with E-state index in [1.807, 2.05) is 13.0 Å². The van der Waals surface area contributed by atoms with Crippen molar-refractivity contribution in [3.8, 4) is 0 Å². The average molecular weight is 207 g/mol. The molecule has 0 spiro atoms. The molecule has 0 aromatic carbocycles. The SMILES string of the molecule is CCC(N)Cc1ccc2n[nH]c(=O)n2n1. The number of hydrogen-bond donors (Lipinski definition) is 2. The topological polar surface area (TPSA) is 89.1 Å². The van der Waals surface area contributed by atoms with Crippen molar-refractivity contribution < 1.29 is 0 Å². The summed E-state index contributed by atoms with van der Waals surface area (Å²) in [7, 11) is 0. The molecule has 1 unspecified atom stereocenters. The largest absolute Gasteiger partial charge is 0.364 e. The van der Waals surface area contributed by atoms with Crippen molar-refractivity contribution in [3.63, 3.8) is 0 Å². The molecule has 0 aliphatic carbocycles. The summed E-state index contributed by atoms with van der Waals surface area (Å²) < 4.78 is 1.25. The van der Waals surface area contributed by atoms with E-state index in [1.54, 1.807) is 6.07 Å². The fraction of sp³-hybridized carbons (Fsp3) is 0.444. The Bertz CT molecular complexity index is 514. The maximum atomic E-state index is 11.2. The van der Waals surface area contributed by atoms with Gasteiger partial charge in [-0.3, -0.25) is 0 Å². The molecular weight excluding hydrogens is 194 g/mol. The van der Waals surface area contributed by atoms with E-state index in [-0.39, 0.29) is 11.7 Å². The highest BCUT2D eigenvalue weighted by Gasteiger charge is 2.06. The molecule has 0 aliphatic rings. The van der Waals surface area contributed by atoms with Crippen molar-refractivity contribution >= 4 is 5.65 Å². The van der Waals surface area contributed by atoms with Crippen molar-refractivity contribution in [1.82, 2.24) is 19.8 Å². The number of nitrogens with one attached hydrogen (secondary N) is 1. The number of nitrogens with zero attached hydrogens (tertiary/aromatic N) is 3. The van der Waals surface area contributed by atoms with Gasteiger partial charge in [0.15, 0.2) is 5.65 Å². The van der Waals surface area contributed by atoms with E-state index in [2.05, 4.69) is 15.3 Å².